The lowest BCUT2D eigenvalue weighted by atomic mass is 10.2. The van der Waals surface area contributed by atoms with Crippen LogP contribution in [0.3, 0.4) is 0 Å². The first kappa shape index (κ1) is 14.6. The second-order valence-corrected chi connectivity index (χ2v) is 4.35. The number of aromatic nitrogens is 1. The van der Waals surface area contributed by atoms with Gasteiger partial charge in [0.15, 0.2) is 0 Å². The number of ether oxygens (including phenoxy) is 1. The third kappa shape index (κ3) is 4.38. The Kier molecular flexibility index (Phi) is 4.98. The number of pyridine rings is 1. The van der Waals surface area contributed by atoms with Crippen LogP contribution in [0.1, 0.15) is 12.5 Å². The van der Waals surface area contributed by atoms with Crippen LogP contribution >= 0.6 is 0 Å². The van der Waals surface area contributed by atoms with E-state index in [4.69, 9.17) is 10.5 Å². The lowest BCUT2D eigenvalue weighted by Crippen LogP contribution is -2.14. The lowest BCUT2D eigenvalue weighted by Gasteiger charge is -2.10. The highest BCUT2D eigenvalue weighted by Gasteiger charge is 2.06. The van der Waals surface area contributed by atoms with E-state index in [1.54, 1.807) is 13.0 Å². The van der Waals surface area contributed by atoms with Crippen molar-refractivity contribution in [2.24, 2.45) is 0 Å². The first-order valence-electron chi connectivity index (χ1n) is 6.66. The Hall–Kier alpha value is -2.76. The van der Waals surface area contributed by atoms with Crippen LogP contribution in [0.15, 0.2) is 42.6 Å². The van der Waals surface area contributed by atoms with E-state index in [9.17, 15) is 4.79 Å². The predicted molar refractivity (Wildman–Crippen MR) is 83.1 cm³/mol. The highest BCUT2D eigenvalue weighted by atomic mass is 16.5. The van der Waals surface area contributed by atoms with Gasteiger partial charge in [0.2, 0.25) is 0 Å². The molecule has 0 unspecified atom stereocenters. The average molecular weight is 286 g/mol. The van der Waals surface area contributed by atoms with E-state index in [1.807, 2.05) is 30.3 Å². The van der Waals surface area contributed by atoms with E-state index >= 15 is 0 Å². The van der Waals surface area contributed by atoms with Gasteiger partial charge in [-0.25, -0.2) is 9.78 Å². The summed E-state index contributed by atoms with van der Waals surface area (Å²) in [6.45, 7) is 2.68. The van der Waals surface area contributed by atoms with E-state index in [2.05, 4.69) is 15.6 Å². The maximum absolute atomic E-state index is 11.3. The molecule has 2 aromatic rings. The minimum Gasteiger partial charge on any atom is -0.450 e. The summed E-state index contributed by atoms with van der Waals surface area (Å²) in [6.07, 6.45) is 1.00. The first-order chi connectivity index (χ1) is 10.2. The van der Waals surface area contributed by atoms with Crippen LogP contribution in [0, 0.1) is 0 Å². The van der Waals surface area contributed by atoms with Gasteiger partial charge in [-0.1, -0.05) is 30.3 Å². The summed E-state index contributed by atoms with van der Waals surface area (Å²) in [5.41, 5.74) is 8.00. The van der Waals surface area contributed by atoms with Crippen molar-refractivity contribution >= 4 is 23.3 Å². The summed E-state index contributed by atoms with van der Waals surface area (Å²) in [5, 5.41) is 5.71. The number of carbonyl (C=O) groups excluding carboxylic acids is 1. The Balaban J connectivity index is 1.97. The third-order valence-corrected chi connectivity index (χ3v) is 2.74. The molecule has 0 fully saturated rings. The Labute approximate surface area is 123 Å². The summed E-state index contributed by atoms with van der Waals surface area (Å²) in [4.78, 5) is 15.5. The molecular formula is C15H18N4O2. The molecule has 0 bridgehead atoms. The van der Waals surface area contributed by atoms with Crippen molar-refractivity contribution < 1.29 is 9.53 Å². The van der Waals surface area contributed by atoms with Crippen LogP contribution in [-0.2, 0) is 11.3 Å². The molecule has 0 saturated heterocycles. The second-order valence-electron chi connectivity index (χ2n) is 4.35. The molecule has 110 valence electrons. The number of nitrogens with two attached hydrogens (primary N) is 1. The lowest BCUT2D eigenvalue weighted by molar-refractivity contribution is 0.168. The third-order valence-electron chi connectivity index (χ3n) is 2.74. The van der Waals surface area contributed by atoms with Crippen molar-refractivity contribution in [3.63, 3.8) is 0 Å². The van der Waals surface area contributed by atoms with Gasteiger partial charge < -0.3 is 15.8 Å². The molecule has 0 radical (unpaired) electrons. The van der Waals surface area contributed by atoms with E-state index in [0.717, 1.165) is 5.56 Å². The molecule has 0 atom stereocenters. The largest absolute Gasteiger partial charge is 0.450 e. The Morgan fingerprint density at radius 1 is 1.33 bits per heavy atom. The molecule has 0 aliphatic heterocycles. The van der Waals surface area contributed by atoms with Crippen LogP contribution in [0.5, 0.6) is 0 Å². The summed E-state index contributed by atoms with van der Waals surface area (Å²) >= 11 is 0. The quantitative estimate of drug-likeness (QED) is 0.786. The minimum atomic E-state index is -0.524. The van der Waals surface area contributed by atoms with Crippen LogP contribution in [0.2, 0.25) is 0 Å². The Morgan fingerprint density at radius 3 is 2.76 bits per heavy atom. The van der Waals surface area contributed by atoms with Crippen molar-refractivity contribution in [1.82, 2.24) is 4.98 Å². The van der Waals surface area contributed by atoms with E-state index in [0.29, 0.717) is 30.3 Å². The molecule has 1 aromatic carbocycles. The monoisotopic (exact) mass is 286 g/mol. The normalized spacial score (nSPS) is 9.95. The molecule has 2 rings (SSSR count). The second kappa shape index (κ2) is 7.14. The van der Waals surface area contributed by atoms with Crippen molar-refractivity contribution in [2.75, 3.05) is 23.0 Å². The molecule has 0 aliphatic rings. The van der Waals surface area contributed by atoms with Gasteiger partial charge in [-0.15, -0.1) is 0 Å². The zero-order chi connectivity index (χ0) is 15.1. The average Bonchev–Trinajstić information content (AvgIpc) is 2.48. The summed E-state index contributed by atoms with van der Waals surface area (Å²) in [6, 6.07) is 11.6. The molecule has 0 saturated carbocycles. The van der Waals surface area contributed by atoms with E-state index < -0.39 is 6.09 Å². The molecule has 1 amide bonds. The van der Waals surface area contributed by atoms with Crippen LogP contribution in [0.4, 0.5) is 22.0 Å². The fourth-order valence-corrected chi connectivity index (χ4v) is 1.76. The van der Waals surface area contributed by atoms with Gasteiger partial charge >= 0.3 is 6.09 Å². The highest BCUT2D eigenvalue weighted by molar-refractivity contribution is 5.85. The van der Waals surface area contributed by atoms with E-state index in [1.165, 1.54) is 6.20 Å². The molecule has 1 aromatic heterocycles. The fraction of sp³-hybridized carbons (Fsp3) is 0.200. The van der Waals surface area contributed by atoms with Gasteiger partial charge in [0.25, 0.3) is 0 Å². The van der Waals surface area contributed by atoms with Crippen LogP contribution < -0.4 is 16.4 Å². The molecule has 4 N–H and O–H groups in total. The Bertz CT molecular complexity index is 602. The number of hydrogen-bond donors (Lipinski definition) is 3. The predicted octanol–water partition coefficient (Wildman–Crippen LogP) is 2.84. The smallest absolute Gasteiger partial charge is 0.411 e. The Morgan fingerprint density at radius 2 is 2.10 bits per heavy atom. The van der Waals surface area contributed by atoms with Gasteiger partial charge in [0, 0.05) is 6.54 Å². The number of nitrogens with zero attached hydrogens (tertiary/aromatic N) is 1. The number of amides is 1. The number of anilines is 3. The van der Waals surface area contributed by atoms with Crippen molar-refractivity contribution in [2.45, 2.75) is 13.5 Å². The van der Waals surface area contributed by atoms with Gasteiger partial charge in [-0.05, 0) is 18.6 Å². The van der Waals surface area contributed by atoms with Crippen LogP contribution in [-0.4, -0.2) is 17.7 Å². The molecule has 6 heteroatoms. The van der Waals surface area contributed by atoms with Gasteiger partial charge in [-0.2, -0.15) is 0 Å². The summed E-state index contributed by atoms with van der Waals surface area (Å²) in [7, 11) is 0. The SMILES string of the molecule is CCOC(=O)Nc1cnc(NCc2ccccc2)c(N)c1. The fourth-order valence-electron chi connectivity index (χ4n) is 1.76. The van der Waals surface area contributed by atoms with Crippen molar-refractivity contribution in [3.05, 3.63) is 48.2 Å². The van der Waals surface area contributed by atoms with Gasteiger partial charge in [0.1, 0.15) is 5.82 Å². The number of hydrogen-bond acceptors (Lipinski definition) is 5. The van der Waals surface area contributed by atoms with Gasteiger partial charge in [-0.3, -0.25) is 5.32 Å². The highest BCUT2D eigenvalue weighted by Crippen LogP contribution is 2.20. The summed E-state index contributed by atoms with van der Waals surface area (Å²) < 4.78 is 4.79. The zero-order valence-electron chi connectivity index (χ0n) is 11.8. The number of nitrogens with one attached hydrogen (secondary N) is 2. The molecule has 0 spiro atoms. The van der Waals surface area contributed by atoms with Crippen molar-refractivity contribution in [1.29, 1.82) is 0 Å². The molecule has 1 heterocycles. The number of rotatable bonds is 5. The number of benzene rings is 1. The molecule has 0 aliphatic carbocycles. The molecule has 6 nitrogen and oxygen atoms in total. The maximum Gasteiger partial charge on any atom is 0.411 e. The first-order valence-corrected chi connectivity index (χ1v) is 6.66. The van der Waals surface area contributed by atoms with E-state index in [-0.39, 0.29) is 0 Å². The topological polar surface area (TPSA) is 89.3 Å². The summed E-state index contributed by atoms with van der Waals surface area (Å²) in [5.74, 6) is 0.577. The zero-order valence-corrected chi connectivity index (χ0v) is 11.8. The van der Waals surface area contributed by atoms with Crippen LogP contribution in [0.25, 0.3) is 0 Å². The minimum absolute atomic E-state index is 0.311. The molecule has 21 heavy (non-hydrogen) atoms. The van der Waals surface area contributed by atoms with Gasteiger partial charge in [0.05, 0.1) is 24.2 Å². The number of nitrogen functional groups attached to an aromatic ring is 1. The standard InChI is InChI=1S/C15H18N4O2/c1-2-21-15(20)19-12-8-13(16)14(18-10-12)17-9-11-6-4-3-5-7-11/h3-8,10H,2,9,16H2,1H3,(H,17,18)(H,19,20). The van der Waals surface area contributed by atoms with Crippen molar-refractivity contribution in [3.8, 4) is 0 Å². The number of carbonyl (C=O) groups is 1. The maximum atomic E-state index is 11.3. The molecular weight excluding hydrogens is 268 g/mol.